The molecule has 0 saturated carbocycles. The Kier molecular flexibility index (Phi) is 5.38. The predicted molar refractivity (Wildman–Crippen MR) is 117 cm³/mol. The first kappa shape index (κ1) is 19.2. The van der Waals surface area contributed by atoms with Crippen LogP contribution in [0.3, 0.4) is 0 Å². The lowest BCUT2D eigenvalue weighted by molar-refractivity contribution is -0.130. The average Bonchev–Trinajstić information content (AvgIpc) is 3.03. The van der Waals surface area contributed by atoms with Gasteiger partial charge in [0.2, 0.25) is 5.91 Å². The van der Waals surface area contributed by atoms with Gasteiger partial charge >= 0.3 is 0 Å². The number of aromatic nitrogens is 2. The maximum Gasteiger partial charge on any atom is 0.227 e. The first-order chi connectivity index (χ1) is 14.0. The molecule has 1 amide bonds. The lowest BCUT2D eigenvalue weighted by atomic mass is 10.1. The summed E-state index contributed by atoms with van der Waals surface area (Å²) < 4.78 is 1.94. The Balaban J connectivity index is 1.42. The zero-order valence-electron chi connectivity index (χ0n) is 17.4. The molecule has 29 heavy (non-hydrogen) atoms. The van der Waals surface area contributed by atoms with E-state index in [9.17, 15) is 4.79 Å². The van der Waals surface area contributed by atoms with Crippen molar-refractivity contribution >= 4 is 11.6 Å². The van der Waals surface area contributed by atoms with Gasteiger partial charge < -0.3 is 9.80 Å². The van der Waals surface area contributed by atoms with Gasteiger partial charge in [0.25, 0.3) is 0 Å². The van der Waals surface area contributed by atoms with Crippen LogP contribution in [-0.4, -0.2) is 46.8 Å². The third-order valence-electron chi connectivity index (χ3n) is 5.77. The fourth-order valence-corrected chi connectivity index (χ4v) is 4.05. The smallest absolute Gasteiger partial charge is 0.227 e. The normalized spacial score (nSPS) is 14.3. The minimum atomic E-state index is 0.188. The molecule has 0 bridgehead atoms. The zero-order chi connectivity index (χ0) is 20.4. The number of carbonyl (C=O) groups excluding carboxylic acids is 1. The Labute approximate surface area is 172 Å². The molecule has 5 heteroatoms. The fourth-order valence-electron chi connectivity index (χ4n) is 4.05. The molecule has 1 aliphatic rings. The quantitative estimate of drug-likeness (QED) is 0.685. The van der Waals surface area contributed by atoms with Crippen molar-refractivity contribution in [1.29, 1.82) is 0 Å². The van der Waals surface area contributed by atoms with Crippen LogP contribution in [0.4, 0.5) is 5.69 Å². The predicted octanol–water partition coefficient (Wildman–Crippen LogP) is 3.69. The van der Waals surface area contributed by atoms with E-state index in [2.05, 4.69) is 41.2 Å². The molecule has 0 spiro atoms. The number of hydrogen-bond acceptors (Lipinski definition) is 3. The molecular weight excluding hydrogens is 360 g/mol. The average molecular weight is 389 g/mol. The van der Waals surface area contributed by atoms with E-state index in [0.717, 1.165) is 48.8 Å². The van der Waals surface area contributed by atoms with E-state index in [4.69, 9.17) is 0 Å². The second-order valence-corrected chi connectivity index (χ2v) is 7.78. The summed E-state index contributed by atoms with van der Waals surface area (Å²) in [5.74, 6) is 0.188. The molecule has 0 unspecified atom stereocenters. The van der Waals surface area contributed by atoms with Gasteiger partial charge in [-0.25, -0.2) is 4.68 Å². The van der Waals surface area contributed by atoms with Crippen molar-refractivity contribution in [3.63, 3.8) is 0 Å². The van der Waals surface area contributed by atoms with Crippen molar-refractivity contribution in [2.24, 2.45) is 0 Å². The monoisotopic (exact) mass is 388 g/mol. The molecule has 0 aliphatic carbocycles. The Hall–Kier alpha value is -3.08. The van der Waals surface area contributed by atoms with Gasteiger partial charge in [-0.1, -0.05) is 30.3 Å². The highest BCUT2D eigenvalue weighted by Gasteiger charge is 2.24. The third kappa shape index (κ3) is 4.04. The van der Waals surface area contributed by atoms with Crippen molar-refractivity contribution in [3.8, 4) is 5.69 Å². The van der Waals surface area contributed by atoms with Crippen LogP contribution in [0.5, 0.6) is 0 Å². The summed E-state index contributed by atoms with van der Waals surface area (Å²) in [5.41, 5.74) is 6.55. The fraction of sp³-hybridized carbons (Fsp3) is 0.333. The van der Waals surface area contributed by atoms with E-state index in [1.54, 1.807) is 0 Å². The van der Waals surface area contributed by atoms with Crippen LogP contribution in [0, 0.1) is 20.8 Å². The van der Waals surface area contributed by atoms with Gasteiger partial charge in [0.1, 0.15) is 0 Å². The van der Waals surface area contributed by atoms with Crippen molar-refractivity contribution in [2.45, 2.75) is 27.2 Å². The van der Waals surface area contributed by atoms with Crippen molar-refractivity contribution < 1.29 is 4.79 Å². The Morgan fingerprint density at radius 3 is 2.28 bits per heavy atom. The zero-order valence-corrected chi connectivity index (χ0v) is 17.4. The lowest BCUT2D eigenvalue weighted by Crippen LogP contribution is -2.49. The molecule has 1 aromatic heterocycles. The molecule has 0 atom stereocenters. The van der Waals surface area contributed by atoms with E-state index in [1.165, 1.54) is 11.3 Å². The number of aryl methyl sites for hydroxylation is 2. The van der Waals surface area contributed by atoms with Gasteiger partial charge in [0.05, 0.1) is 17.8 Å². The third-order valence-corrected chi connectivity index (χ3v) is 5.77. The SMILES string of the molecule is Cc1cccc(N2CCN(C(=O)Cc3c(C)nn(-c4ccccc4)c3C)CC2)c1. The first-order valence-electron chi connectivity index (χ1n) is 10.2. The van der Waals surface area contributed by atoms with Gasteiger partial charge in [-0.05, 0) is 50.6 Å². The second-order valence-electron chi connectivity index (χ2n) is 7.78. The maximum absolute atomic E-state index is 13.0. The standard InChI is InChI=1S/C24H28N4O/c1-18-8-7-11-22(16-18)26-12-14-27(15-13-26)24(29)17-23-19(2)25-28(20(23)3)21-9-5-4-6-10-21/h4-11,16H,12-15,17H2,1-3H3. The number of piperazine rings is 1. The summed E-state index contributed by atoms with van der Waals surface area (Å²) in [5, 5.41) is 4.68. The van der Waals surface area contributed by atoms with Crippen LogP contribution in [0.25, 0.3) is 5.69 Å². The Morgan fingerprint density at radius 2 is 1.59 bits per heavy atom. The van der Waals surface area contributed by atoms with E-state index >= 15 is 0 Å². The van der Waals surface area contributed by atoms with Gasteiger partial charge in [-0.2, -0.15) is 5.10 Å². The summed E-state index contributed by atoms with van der Waals surface area (Å²) in [7, 11) is 0. The number of para-hydroxylation sites is 1. The molecule has 4 rings (SSSR count). The molecule has 1 aliphatic heterocycles. The molecule has 150 valence electrons. The molecule has 2 aromatic carbocycles. The summed E-state index contributed by atoms with van der Waals surface area (Å²) in [6.07, 6.45) is 0.412. The van der Waals surface area contributed by atoms with Crippen molar-refractivity contribution in [3.05, 3.63) is 77.1 Å². The second kappa shape index (κ2) is 8.11. The van der Waals surface area contributed by atoms with Crippen LogP contribution in [0.15, 0.2) is 54.6 Å². The van der Waals surface area contributed by atoms with Gasteiger partial charge in [-0.3, -0.25) is 4.79 Å². The number of anilines is 1. The van der Waals surface area contributed by atoms with E-state index in [1.807, 2.05) is 53.8 Å². The van der Waals surface area contributed by atoms with Gasteiger partial charge in [-0.15, -0.1) is 0 Å². The maximum atomic E-state index is 13.0. The van der Waals surface area contributed by atoms with E-state index in [-0.39, 0.29) is 5.91 Å². The lowest BCUT2D eigenvalue weighted by Gasteiger charge is -2.36. The van der Waals surface area contributed by atoms with Gasteiger partial charge in [0, 0.05) is 43.1 Å². The summed E-state index contributed by atoms with van der Waals surface area (Å²) >= 11 is 0. The first-order valence-corrected chi connectivity index (χ1v) is 10.2. The molecule has 2 heterocycles. The van der Waals surface area contributed by atoms with Crippen molar-refractivity contribution in [2.75, 3.05) is 31.1 Å². The summed E-state index contributed by atoms with van der Waals surface area (Å²) in [6, 6.07) is 18.6. The number of hydrogen-bond donors (Lipinski definition) is 0. The number of rotatable bonds is 4. The van der Waals surface area contributed by atoms with Gasteiger partial charge in [0.15, 0.2) is 0 Å². The highest BCUT2D eigenvalue weighted by molar-refractivity contribution is 5.79. The molecule has 1 saturated heterocycles. The minimum Gasteiger partial charge on any atom is -0.368 e. The largest absolute Gasteiger partial charge is 0.368 e. The highest BCUT2D eigenvalue weighted by atomic mass is 16.2. The summed E-state index contributed by atoms with van der Waals surface area (Å²) in [6.45, 7) is 9.42. The number of benzene rings is 2. The summed E-state index contributed by atoms with van der Waals surface area (Å²) in [4.78, 5) is 17.3. The van der Waals surface area contributed by atoms with E-state index < -0.39 is 0 Å². The van der Waals surface area contributed by atoms with Crippen LogP contribution in [-0.2, 0) is 11.2 Å². The number of nitrogens with zero attached hydrogens (tertiary/aromatic N) is 4. The molecule has 0 N–H and O–H groups in total. The molecule has 5 nitrogen and oxygen atoms in total. The van der Waals surface area contributed by atoms with Crippen LogP contribution in [0.2, 0.25) is 0 Å². The Bertz CT molecular complexity index is 1000. The Morgan fingerprint density at radius 1 is 0.897 bits per heavy atom. The number of carbonyl (C=O) groups is 1. The van der Waals surface area contributed by atoms with Crippen LogP contribution < -0.4 is 4.90 Å². The molecular formula is C24H28N4O. The molecule has 3 aromatic rings. The molecule has 1 fully saturated rings. The van der Waals surface area contributed by atoms with E-state index in [0.29, 0.717) is 6.42 Å². The number of amides is 1. The van der Waals surface area contributed by atoms with Crippen molar-refractivity contribution in [1.82, 2.24) is 14.7 Å². The highest BCUT2D eigenvalue weighted by Crippen LogP contribution is 2.21. The van der Waals surface area contributed by atoms with Crippen LogP contribution >= 0.6 is 0 Å². The topological polar surface area (TPSA) is 41.4 Å². The van der Waals surface area contributed by atoms with Crippen LogP contribution in [0.1, 0.15) is 22.5 Å². The minimum absolute atomic E-state index is 0.188. The molecule has 0 radical (unpaired) electrons.